The molecular weight excluding hydrogens is 270 g/mol. The predicted octanol–water partition coefficient (Wildman–Crippen LogP) is 2.27. The van der Waals surface area contributed by atoms with Crippen LogP contribution in [0.1, 0.15) is 19.3 Å². The predicted molar refractivity (Wildman–Crippen MR) is 79.0 cm³/mol. The highest BCUT2D eigenvalue weighted by molar-refractivity contribution is 5.81. The Hall–Kier alpha value is -2.11. The minimum atomic E-state index is -0.375. The lowest BCUT2D eigenvalue weighted by Gasteiger charge is -2.16. The molecule has 21 heavy (non-hydrogen) atoms. The van der Waals surface area contributed by atoms with Crippen molar-refractivity contribution < 1.29 is 9.72 Å². The Balaban J connectivity index is 1.54. The van der Waals surface area contributed by atoms with Crippen LogP contribution in [0.3, 0.4) is 0 Å². The lowest BCUT2D eigenvalue weighted by Crippen LogP contribution is -2.30. The molecule has 1 aromatic rings. The number of amides is 1. The molecule has 2 aliphatic rings. The van der Waals surface area contributed by atoms with Crippen molar-refractivity contribution in [2.45, 2.75) is 19.3 Å². The number of carbonyl (C=O) groups excluding carboxylic acids is 1. The van der Waals surface area contributed by atoms with Crippen molar-refractivity contribution >= 4 is 17.3 Å². The molecule has 0 spiro atoms. The lowest BCUT2D eigenvalue weighted by molar-refractivity contribution is -0.384. The number of hydrogen-bond donors (Lipinski definition) is 1. The third-order valence-corrected chi connectivity index (χ3v) is 4.21. The summed E-state index contributed by atoms with van der Waals surface area (Å²) in [5.74, 6) is 0.933. The van der Waals surface area contributed by atoms with Crippen LogP contribution >= 0.6 is 0 Å². The molecule has 0 unspecified atom stereocenters. The van der Waals surface area contributed by atoms with Gasteiger partial charge in [0.2, 0.25) is 5.91 Å². The fourth-order valence-corrected chi connectivity index (χ4v) is 2.82. The van der Waals surface area contributed by atoms with Gasteiger partial charge in [-0.25, -0.2) is 0 Å². The Bertz CT molecular complexity index is 557. The number of nitro groups is 1. The molecule has 6 nitrogen and oxygen atoms in total. The van der Waals surface area contributed by atoms with Crippen molar-refractivity contribution in [3.05, 3.63) is 34.4 Å². The summed E-state index contributed by atoms with van der Waals surface area (Å²) in [4.78, 5) is 24.5. The average molecular weight is 289 g/mol. The van der Waals surface area contributed by atoms with Gasteiger partial charge in [-0.2, -0.15) is 0 Å². The van der Waals surface area contributed by atoms with E-state index in [1.807, 2.05) is 4.90 Å². The number of para-hydroxylation sites is 2. The van der Waals surface area contributed by atoms with E-state index in [0.29, 0.717) is 24.1 Å². The van der Waals surface area contributed by atoms with Gasteiger partial charge in [0.15, 0.2) is 0 Å². The van der Waals surface area contributed by atoms with Gasteiger partial charge < -0.3 is 10.2 Å². The number of anilines is 1. The zero-order valence-corrected chi connectivity index (χ0v) is 11.8. The summed E-state index contributed by atoms with van der Waals surface area (Å²) in [7, 11) is 0. The molecule has 0 radical (unpaired) electrons. The summed E-state index contributed by atoms with van der Waals surface area (Å²) in [6, 6.07) is 6.67. The largest absolute Gasteiger partial charge is 0.379 e. The van der Waals surface area contributed by atoms with Gasteiger partial charge in [0, 0.05) is 31.6 Å². The Morgan fingerprint density at radius 3 is 2.81 bits per heavy atom. The second kappa shape index (κ2) is 5.71. The molecule has 3 rings (SSSR count). The Morgan fingerprint density at radius 1 is 1.33 bits per heavy atom. The van der Waals surface area contributed by atoms with Gasteiger partial charge in [0.25, 0.3) is 5.69 Å². The highest BCUT2D eigenvalue weighted by Crippen LogP contribution is 2.33. The van der Waals surface area contributed by atoms with E-state index < -0.39 is 0 Å². The van der Waals surface area contributed by atoms with E-state index >= 15 is 0 Å². The SMILES string of the molecule is O=C(C1CC1)N1CC[C@@H](CNc2ccccc2[N+](=O)[O-])C1. The molecule has 1 atom stereocenters. The minimum Gasteiger partial charge on any atom is -0.379 e. The van der Waals surface area contributed by atoms with E-state index in [-0.39, 0.29) is 16.5 Å². The molecule has 1 aliphatic carbocycles. The molecule has 112 valence electrons. The van der Waals surface area contributed by atoms with Crippen LogP contribution in [0, 0.1) is 22.0 Å². The average Bonchev–Trinajstić information content (AvgIpc) is 3.23. The molecule has 1 amide bonds. The molecule has 6 heteroatoms. The third kappa shape index (κ3) is 3.15. The summed E-state index contributed by atoms with van der Waals surface area (Å²) < 4.78 is 0. The van der Waals surface area contributed by atoms with Gasteiger partial charge in [-0.05, 0) is 31.2 Å². The molecule has 1 saturated carbocycles. The van der Waals surface area contributed by atoms with Crippen molar-refractivity contribution in [1.82, 2.24) is 4.90 Å². The van der Waals surface area contributed by atoms with E-state index in [0.717, 1.165) is 32.4 Å². The summed E-state index contributed by atoms with van der Waals surface area (Å²) in [6.45, 7) is 2.25. The van der Waals surface area contributed by atoms with Crippen molar-refractivity contribution in [3.8, 4) is 0 Å². The smallest absolute Gasteiger partial charge is 0.292 e. The summed E-state index contributed by atoms with van der Waals surface area (Å²) in [6.07, 6.45) is 3.04. The van der Waals surface area contributed by atoms with Crippen LogP contribution in [0.25, 0.3) is 0 Å². The van der Waals surface area contributed by atoms with Gasteiger partial charge >= 0.3 is 0 Å². The molecule has 1 N–H and O–H groups in total. The van der Waals surface area contributed by atoms with Crippen LogP contribution in [0.2, 0.25) is 0 Å². The summed E-state index contributed by atoms with van der Waals surface area (Å²) in [5.41, 5.74) is 0.649. The topological polar surface area (TPSA) is 75.5 Å². The maximum atomic E-state index is 12.0. The molecule has 1 aromatic carbocycles. The molecule has 0 bridgehead atoms. The number of nitrogens with one attached hydrogen (secondary N) is 1. The Morgan fingerprint density at radius 2 is 2.10 bits per heavy atom. The number of benzene rings is 1. The molecule has 1 saturated heterocycles. The quantitative estimate of drug-likeness (QED) is 0.666. The first-order valence-electron chi connectivity index (χ1n) is 7.41. The number of nitro benzene ring substituents is 1. The van der Waals surface area contributed by atoms with Crippen LogP contribution in [0.15, 0.2) is 24.3 Å². The zero-order chi connectivity index (χ0) is 14.8. The van der Waals surface area contributed by atoms with Crippen molar-refractivity contribution in [1.29, 1.82) is 0 Å². The second-order valence-electron chi connectivity index (χ2n) is 5.87. The van der Waals surface area contributed by atoms with Crippen molar-refractivity contribution in [2.75, 3.05) is 25.0 Å². The maximum Gasteiger partial charge on any atom is 0.292 e. The van der Waals surface area contributed by atoms with Crippen molar-refractivity contribution in [2.24, 2.45) is 11.8 Å². The van der Waals surface area contributed by atoms with Crippen LogP contribution < -0.4 is 5.32 Å². The van der Waals surface area contributed by atoms with Crippen molar-refractivity contribution in [3.63, 3.8) is 0 Å². The first-order chi connectivity index (χ1) is 10.1. The third-order valence-electron chi connectivity index (χ3n) is 4.21. The van der Waals surface area contributed by atoms with E-state index in [1.54, 1.807) is 18.2 Å². The van der Waals surface area contributed by atoms with E-state index in [1.165, 1.54) is 6.07 Å². The highest BCUT2D eigenvalue weighted by atomic mass is 16.6. The van der Waals surface area contributed by atoms with Crippen LogP contribution in [-0.4, -0.2) is 35.4 Å². The molecule has 1 heterocycles. The fraction of sp³-hybridized carbons (Fsp3) is 0.533. The van der Waals surface area contributed by atoms with E-state index in [4.69, 9.17) is 0 Å². The second-order valence-corrected chi connectivity index (χ2v) is 5.87. The van der Waals surface area contributed by atoms with Gasteiger partial charge in [0.1, 0.15) is 5.69 Å². The Kier molecular flexibility index (Phi) is 3.77. The summed E-state index contributed by atoms with van der Waals surface area (Å²) >= 11 is 0. The van der Waals surface area contributed by atoms with E-state index in [2.05, 4.69) is 5.32 Å². The number of nitrogens with zero attached hydrogens (tertiary/aromatic N) is 2. The molecule has 1 aliphatic heterocycles. The number of carbonyl (C=O) groups is 1. The first kappa shape index (κ1) is 13.9. The first-order valence-corrected chi connectivity index (χ1v) is 7.41. The summed E-state index contributed by atoms with van der Waals surface area (Å²) in [5, 5.41) is 14.1. The number of rotatable bonds is 5. The van der Waals surface area contributed by atoms with Gasteiger partial charge in [-0.1, -0.05) is 12.1 Å². The van der Waals surface area contributed by atoms with E-state index in [9.17, 15) is 14.9 Å². The molecule has 2 fully saturated rings. The van der Waals surface area contributed by atoms with Gasteiger partial charge in [-0.3, -0.25) is 14.9 Å². The Labute approximate surface area is 123 Å². The minimum absolute atomic E-state index is 0.0985. The van der Waals surface area contributed by atoms with Gasteiger partial charge in [0.05, 0.1) is 4.92 Å². The zero-order valence-electron chi connectivity index (χ0n) is 11.8. The standard InChI is InChI=1S/C15H19N3O3/c19-15(12-5-6-12)17-8-7-11(10-17)9-16-13-3-1-2-4-14(13)18(20)21/h1-4,11-12,16H,5-10H2/t11-/m0/s1. The lowest BCUT2D eigenvalue weighted by atomic mass is 10.1. The molecule has 0 aromatic heterocycles. The van der Waals surface area contributed by atoms with Crippen LogP contribution in [-0.2, 0) is 4.79 Å². The van der Waals surface area contributed by atoms with Gasteiger partial charge in [-0.15, -0.1) is 0 Å². The van der Waals surface area contributed by atoms with Crippen LogP contribution in [0.4, 0.5) is 11.4 Å². The maximum absolute atomic E-state index is 12.0. The normalized spacial score (nSPS) is 21.3. The number of likely N-dealkylation sites (tertiary alicyclic amines) is 1. The molecular formula is C15H19N3O3. The highest BCUT2D eigenvalue weighted by Gasteiger charge is 2.36. The monoisotopic (exact) mass is 289 g/mol. The fourth-order valence-electron chi connectivity index (χ4n) is 2.82. The van der Waals surface area contributed by atoms with Crippen LogP contribution in [0.5, 0.6) is 0 Å². The number of hydrogen-bond acceptors (Lipinski definition) is 4.